The molecule has 0 radical (unpaired) electrons. The van der Waals surface area contributed by atoms with Gasteiger partial charge in [-0.3, -0.25) is 4.79 Å². The van der Waals surface area contributed by atoms with Gasteiger partial charge in [-0.25, -0.2) is 0 Å². The normalized spacial score (nSPS) is 11.4. The number of nitrogen functional groups attached to an aromatic ring is 1. The molecule has 0 bridgehead atoms. The topological polar surface area (TPSA) is 55.1 Å². The second-order valence-electron chi connectivity index (χ2n) is 5.92. The predicted octanol–water partition coefficient (Wildman–Crippen LogP) is 4.21. The lowest BCUT2D eigenvalue weighted by atomic mass is 9.94. The molecule has 3 N–H and O–H groups in total. The minimum Gasteiger partial charge on any atom is -0.398 e. The van der Waals surface area contributed by atoms with Crippen molar-refractivity contribution in [1.29, 1.82) is 0 Å². The summed E-state index contributed by atoms with van der Waals surface area (Å²) in [5.41, 5.74) is 7.52. The van der Waals surface area contributed by atoms with Gasteiger partial charge in [-0.1, -0.05) is 50.6 Å². The van der Waals surface area contributed by atoms with Crippen molar-refractivity contribution >= 4 is 34.5 Å². The summed E-state index contributed by atoms with van der Waals surface area (Å²) in [5, 5.41) is 3.53. The first-order valence-electron chi connectivity index (χ1n) is 6.70. The molecule has 1 aromatic heterocycles. The lowest BCUT2D eigenvalue weighted by Crippen LogP contribution is -2.22. The Morgan fingerprint density at radius 2 is 2.00 bits per heavy atom. The highest BCUT2D eigenvalue weighted by atomic mass is 35.5. The molecule has 0 saturated heterocycles. The van der Waals surface area contributed by atoms with Crippen LogP contribution in [0.4, 0.5) is 5.69 Å². The average molecular weight is 323 g/mol. The van der Waals surface area contributed by atoms with Crippen LogP contribution >= 0.6 is 22.9 Å². The minimum absolute atomic E-state index is 0.0595. The molecule has 0 saturated carbocycles. The van der Waals surface area contributed by atoms with Crippen LogP contribution in [0.15, 0.2) is 30.3 Å². The molecule has 3 nitrogen and oxygen atoms in total. The largest absolute Gasteiger partial charge is 0.398 e. The van der Waals surface area contributed by atoms with Gasteiger partial charge < -0.3 is 11.1 Å². The number of halogens is 1. The van der Waals surface area contributed by atoms with Gasteiger partial charge in [0.25, 0.3) is 5.91 Å². The number of nitrogens with two attached hydrogens (primary N) is 1. The third-order valence-electron chi connectivity index (χ3n) is 3.06. The SMILES string of the molecule is CC(C)(C)c1sc(C(=O)NCc2ccccc2Cl)cc1N. The van der Waals surface area contributed by atoms with Gasteiger partial charge in [-0.2, -0.15) is 0 Å². The van der Waals surface area contributed by atoms with E-state index in [-0.39, 0.29) is 11.3 Å². The van der Waals surface area contributed by atoms with E-state index in [1.165, 1.54) is 11.3 Å². The third-order valence-corrected chi connectivity index (χ3v) is 5.01. The Labute approximate surface area is 134 Å². The number of carbonyl (C=O) groups is 1. The lowest BCUT2D eigenvalue weighted by Gasteiger charge is -2.16. The number of rotatable bonds is 3. The predicted molar refractivity (Wildman–Crippen MR) is 90.1 cm³/mol. The van der Waals surface area contributed by atoms with E-state index >= 15 is 0 Å². The first-order valence-corrected chi connectivity index (χ1v) is 7.90. The maximum atomic E-state index is 12.2. The molecule has 0 aliphatic carbocycles. The summed E-state index contributed by atoms with van der Waals surface area (Å²) in [4.78, 5) is 13.9. The molecule has 0 fully saturated rings. The maximum Gasteiger partial charge on any atom is 0.261 e. The van der Waals surface area contributed by atoms with E-state index in [1.807, 2.05) is 24.3 Å². The minimum atomic E-state index is -0.123. The molecule has 21 heavy (non-hydrogen) atoms. The van der Waals surface area contributed by atoms with Crippen molar-refractivity contribution in [3.63, 3.8) is 0 Å². The molecule has 1 amide bonds. The summed E-state index contributed by atoms with van der Waals surface area (Å²) in [6, 6.07) is 9.21. The van der Waals surface area contributed by atoms with E-state index < -0.39 is 0 Å². The molecule has 0 aliphatic rings. The van der Waals surface area contributed by atoms with Crippen molar-refractivity contribution < 1.29 is 4.79 Å². The zero-order valence-corrected chi connectivity index (χ0v) is 13.9. The van der Waals surface area contributed by atoms with Crippen molar-refractivity contribution in [3.05, 3.63) is 50.7 Å². The van der Waals surface area contributed by atoms with Gasteiger partial charge in [0.1, 0.15) is 0 Å². The van der Waals surface area contributed by atoms with Crippen molar-refractivity contribution in [2.24, 2.45) is 0 Å². The van der Waals surface area contributed by atoms with Crippen molar-refractivity contribution in [2.45, 2.75) is 32.7 Å². The average Bonchev–Trinajstić information content (AvgIpc) is 2.79. The first-order chi connectivity index (χ1) is 9.79. The van der Waals surface area contributed by atoms with Gasteiger partial charge in [0.05, 0.1) is 4.88 Å². The molecule has 0 aliphatic heterocycles. The van der Waals surface area contributed by atoms with Gasteiger partial charge >= 0.3 is 0 Å². The van der Waals surface area contributed by atoms with Gasteiger partial charge in [0.2, 0.25) is 0 Å². The van der Waals surface area contributed by atoms with E-state index in [2.05, 4.69) is 26.1 Å². The fourth-order valence-corrected chi connectivity index (χ4v) is 3.26. The summed E-state index contributed by atoms with van der Waals surface area (Å²) in [5.74, 6) is -0.123. The summed E-state index contributed by atoms with van der Waals surface area (Å²) in [7, 11) is 0. The standard InChI is InChI=1S/C16H19ClN2OS/c1-16(2,3)14-12(18)8-13(21-14)15(20)19-9-10-6-4-5-7-11(10)17/h4-8H,9,18H2,1-3H3,(H,19,20). The maximum absolute atomic E-state index is 12.2. The Morgan fingerprint density at radius 3 is 2.57 bits per heavy atom. The summed E-state index contributed by atoms with van der Waals surface area (Å²) in [6.07, 6.45) is 0. The van der Waals surface area contributed by atoms with Crippen LogP contribution in [0.25, 0.3) is 0 Å². The van der Waals surface area contributed by atoms with Crippen LogP contribution in [0.5, 0.6) is 0 Å². The number of hydrogen-bond acceptors (Lipinski definition) is 3. The molecule has 112 valence electrons. The second kappa shape index (κ2) is 6.08. The van der Waals surface area contributed by atoms with Crippen LogP contribution in [-0.4, -0.2) is 5.91 Å². The van der Waals surface area contributed by atoms with E-state index in [4.69, 9.17) is 17.3 Å². The summed E-state index contributed by atoms with van der Waals surface area (Å²) < 4.78 is 0. The van der Waals surface area contributed by atoms with Crippen molar-refractivity contribution in [1.82, 2.24) is 5.32 Å². The summed E-state index contributed by atoms with van der Waals surface area (Å²) >= 11 is 7.52. The van der Waals surface area contributed by atoms with Gasteiger partial charge in [0, 0.05) is 22.1 Å². The van der Waals surface area contributed by atoms with Crippen LogP contribution in [0.1, 0.15) is 40.9 Å². The number of carbonyl (C=O) groups excluding carboxylic acids is 1. The summed E-state index contributed by atoms with van der Waals surface area (Å²) in [6.45, 7) is 6.66. The molecular weight excluding hydrogens is 304 g/mol. The number of thiophene rings is 1. The fourth-order valence-electron chi connectivity index (χ4n) is 2.01. The van der Waals surface area contributed by atoms with E-state index in [0.717, 1.165) is 10.4 Å². The number of amides is 1. The Balaban J connectivity index is 2.10. The lowest BCUT2D eigenvalue weighted by molar-refractivity contribution is 0.0955. The Bertz CT molecular complexity index is 659. The number of nitrogens with one attached hydrogen (secondary N) is 1. The van der Waals surface area contributed by atoms with Crippen LogP contribution in [-0.2, 0) is 12.0 Å². The fraction of sp³-hybridized carbons (Fsp3) is 0.312. The molecule has 1 heterocycles. The van der Waals surface area contributed by atoms with Crippen molar-refractivity contribution in [3.8, 4) is 0 Å². The monoisotopic (exact) mass is 322 g/mol. The number of hydrogen-bond donors (Lipinski definition) is 2. The van der Waals surface area contributed by atoms with Crippen LogP contribution < -0.4 is 11.1 Å². The highest BCUT2D eigenvalue weighted by molar-refractivity contribution is 7.14. The van der Waals surface area contributed by atoms with Gasteiger partial charge in [-0.05, 0) is 23.1 Å². The molecule has 0 unspecified atom stereocenters. The molecule has 0 spiro atoms. The molecule has 2 aromatic rings. The Kier molecular flexibility index (Phi) is 4.59. The van der Waals surface area contributed by atoms with Gasteiger partial charge in [-0.15, -0.1) is 11.3 Å². The van der Waals surface area contributed by atoms with Crippen LogP contribution in [0, 0.1) is 0 Å². The van der Waals surface area contributed by atoms with E-state index in [9.17, 15) is 4.79 Å². The second-order valence-corrected chi connectivity index (χ2v) is 7.38. The van der Waals surface area contributed by atoms with E-state index in [0.29, 0.717) is 22.1 Å². The van der Waals surface area contributed by atoms with Crippen molar-refractivity contribution in [2.75, 3.05) is 5.73 Å². The van der Waals surface area contributed by atoms with Crippen LogP contribution in [0.2, 0.25) is 5.02 Å². The van der Waals surface area contributed by atoms with E-state index in [1.54, 1.807) is 6.07 Å². The van der Waals surface area contributed by atoms with Gasteiger partial charge in [0.15, 0.2) is 0 Å². The quantitative estimate of drug-likeness (QED) is 0.889. The first kappa shape index (κ1) is 15.9. The molecular formula is C16H19ClN2OS. The molecule has 2 rings (SSSR count). The number of anilines is 1. The van der Waals surface area contributed by atoms with Crippen LogP contribution in [0.3, 0.4) is 0 Å². The zero-order chi connectivity index (χ0) is 15.6. The zero-order valence-electron chi connectivity index (χ0n) is 12.4. The highest BCUT2D eigenvalue weighted by Crippen LogP contribution is 2.35. The molecule has 5 heteroatoms. The smallest absolute Gasteiger partial charge is 0.261 e. The third kappa shape index (κ3) is 3.77. The Hall–Kier alpha value is -1.52. The highest BCUT2D eigenvalue weighted by Gasteiger charge is 2.22. The Morgan fingerprint density at radius 1 is 1.33 bits per heavy atom. The molecule has 1 aromatic carbocycles. The number of benzene rings is 1. The molecule has 0 atom stereocenters.